The fourth-order valence-corrected chi connectivity index (χ4v) is 3.96. The van der Waals surface area contributed by atoms with Crippen LogP contribution in [0.1, 0.15) is 0 Å². The van der Waals surface area contributed by atoms with Crippen LogP contribution in [0.2, 0.25) is 0 Å². The highest BCUT2D eigenvalue weighted by molar-refractivity contribution is 5.05. The molecule has 21 nitrogen and oxygen atoms in total. The van der Waals surface area contributed by atoms with Gasteiger partial charge in [0.2, 0.25) is 12.5 Å². The second kappa shape index (κ2) is 4.77. The monoisotopic (exact) mass is 394 g/mol. The van der Waals surface area contributed by atoms with E-state index in [-0.39, 0.29) is 25.0 Å². The van der Waals surface area contributed by atoms with Crippen LogP contribution in [-0.2, 0) is 4.74 Å². The number of rotatable bonds is 5. The Bertz CT molecular complexity index is 774. The van der Waals surface area contributed by atoms with Crippen LogP contribution in [0.5, 0.6) is 0 Å². The van der Waals surface area contributed by atoms with Crippen molar-refractivity contribution >= 4 is 0 Å². The number of piperazine rings is 1. The maximum atomic E-state index is 11.5. The van der Waals surface area contributed by atoms with Crippen molar-refractivity contribution in [1.82, 2.24) is 25.0 Å². The predicted molar refractivity (Wildman–Crippen MR) is 68.0 cm³/mol. The lowest BCUT2D eigenvalue weighted by Gasteiger charge is -2.39. The smallest absolute Gasteiger partial charge is 0.273 e. The Labute approximate surface area is 144 Å². The number of nitrogens with zero attached hydrogens (tertiary/aromatic N) is 10. The lowest BCUT2D eigenvalue weighted by atomic mass is 10.2. The average Bonchev–Trinajstić information content (AvgIpc) is 2.98. The molecule has 21 heteroatoms. The molecule has 5 aliphatic rings. The van der Waals surface area contributed by atoms with Crippen LogP contribution in [-0.4, -0.2) is 87.3 Å². The van der Waals surface area contributed by atoms with Gasteiger partial charge >= 0.3 is 0 Å². The summed E-state index contributed by atoms with van der Waals surface area (Å²) in [5.74, 6) is 0. The fraction of sp³-hybridized carbons (Fsp3) is 1.00. The maximum absolute atomic E-state index is 11.5. The first-order valence-electron chi connectivity index (χ1n) is 6.88. The van der Waals surface area contributed by atoms with Crippen LogP contribution >= 0.6 is 0 Å². The van der Waals surface area contributed by atoms with E-state index < -0.39 is 62.3 Å². The fourth-order valence-electron chi connectivity index (χ4n) is 3.96. The van der Waals surface area contributed by atoms with E-state index in [0.717, 1.165) is 0 Å². The number of hydrazine groups is 5. The van der Waals surface area contributed by atoms with Crippen molar-refractivity contribution in [3.63, 3.8) is 0 Å². The van der Waals surface area contributed by atoms with E-state index in [1.807, 2.05) is 0 Å². The third-order valence-electron chi connectivity index (χ3n) is 4.69. The van der Waals surface area contributed by atoms with Gasteiger partial charge in [0.05, 0.1) is 0 Å². The van der Waals surface area contributed by atoms with E-state index in [0.29, 0.717) is 0 Å². The van der Waals surface area contributed by atoms with Gasteiger partial charge in [0.15, 0.2) is 25.2 Å². The quantitative estimate of drug-likeness (QED) is 0.324. The third kappa shape index (κ3) is 1.69. The van der Waals surface area contributed by atoms with Crippen molar-refractivity contribution < 1.29 is 29.9 Å². The molecule has 0 spiro atoms. The molecule has 5 fully saturated rings. The molecule has 0 saturated carbocycles. The van der Waals surface area contributed by atoms with E-state index in [2.05, 4.69) is 0 Å². The molecule has 5 aliphatic heterocycles. The van der Waals surface area contributed by atoms with E-state index in [9.17, 15) is 50.6 Å². The molecular formula is C6H6N10O11. The van der Waals surface area contributed by atoms with Gasteiger partial charge in [-0.1, -0.05) is 25.0 Å². The van der Waals surface area contributed by atoms with Gasteiger partial charge < -0.3 is 4.74 Å². The van der Waals surface area contributed by atoms with Crippen LogP contribution in [0, 0.1) is 50.6 Å². The van der Waals surface area contributed by atoms with Crippen molar-refractivity contribution in [2.45, 2.75) is 37.1 Å². The van der Waals surface area contributed by atoms with Crippen molar-refractivity contribution in [2.24, 2.45) is 0 Å². The molecule has 0 radical (unpaired) electrons. The zero-order valence-corrected chi connectivity index (χ0v) is 12.4. The summed E-state index contributed by atoms with van der Waals surface area (Å²) in [5, 5.41) is 51.4. The Hall–Kier alpha value is -4.04. The molecule has 6 unspecified atom stereocenters. The minimum Gasteiger partial charge on any atom is -0.315 e. The predicted octanol–water partition coefficient (Wildman–Crippen LogP) is -3.52. The van der Waals surface area contributed by atoms with Crippen LogP contribution in [0.3, 0.4) is 0 Å². The topological polar surface area (TPSA) is 241 Å². The number of nitro groups is 5. The molecule has 27 heavy (non-hydrogen) atoms. The second-order valence-electron chi connectivity index (χ2n) is 5.66. The van der Waals surface area contributed by atoms with Crippen molar-refractivity contribution in [3.05, 3.63) is 50.6 Å². The van der Waals surface area contributed by atoms with Gasteiger partial charge in [-0.15, -0.1) is 0 Å². The Balaban J connectivity index is 2.03. The zero-order valence-electron chi connectivity index (χ0n) is 12.4. The highest BCUT2D eigenvalue weighted by Gasteiger charge is 2.86. The summed E-state index contributed by atoms with van der Waals surface area (Å²) in [6, 6.07) is 0. The lowest BCUT2D eigenvalue weighted by molar-refractivity contribution is -0.787. The second-order valence-corrected chi connectivity index (χ2v) is 5.66. The van der Waals surface area contributed by atoms with Crippen molar-refractivity contribution in [2.75, 3.05) is 0 Å². The SMILES string of the molecule is O=[N+]([O-])N1C2OC3C1N([N+](=O)[O-])C1C(N3[N+](=O)[O-])N([N+](=O)[O-])C2N1[N+](=O)[O-]. The van der Waals surface area contributed by atoms with Gasteiger partial charge in [-0.25, -0.2) is 50.6 Å². The first-order chi connectivity index (χ1) is 12.6. The minimum absolute atomic E-state index is 0.00440. The molecule has 146 valence electrons. The van der Waals surface area contributed by atoms with Gasteiger partial charge in [-0.2, -0.15) is 0 Å². The molecule has 6 atom stereocenters. The highest BCUT2D eigenvalue weighted by Crippen LogP contribution is 2.49. The standard InChI is InChI=1S/C6H6N10O11/c17-12(18)7-1-2-9(14(21)22)3(7)5-11(16(25)26)4(8(1)13(19)20)6(27-5)10(2)15(23)24/h1-6H. The van der Waals surface area contributed by atoms with Crippen molar-refractivity contribution in [1.29, 1.82) is 0 Å². The molecule has 0 amide bonds. The van der Waals surface area contributed by atoms with Gasteiger partial charge in [0.1, 0.15) is 0 Å². The van der Waals surface area contributed by atoms with Gasteiger partial charge in [0.25, 0.3) is 24.7 Å². The van der Waals surface area contributed by atoms with Crippen LogP contribution in [0.25, 0.3) is 0 Å². The summed E-state index contributed by atoms with van der Waals surface area (Å²) >= 11 is 0. The third-order valence-corrected chi connectivity index (χ3v) is 4.69. The van der Waals surface area contributed by atoms with E-state index in [4.69, 9.17) is 4.74 Å². The molecule has 0 aliphatic carbocycles. The molecule has 0 aromatic rings. The Kier molecular flexibility index (Phi) is 2.90. The lowest BCUT2D eigenvalue weighted by Crippen LogP contribution is -2.75. The summed E-state index contributed by atoms with van der Waals surface area (Å²) < 4.78 is 5.13. The summed E-state index contributed by atoms with van der Waals surface area (Å²) in [4.78, 5) is 57.5. The number of ether oxygens (including phenoxy) is 1. The molecule has 5 heterocycles. The molecule has 5 saturated heterocycles. The number of hydrogen-bond acceptors (Lipinski definition) is 11. The summed E-state index contributed by atoms with van der Waals surface area (Å²) in [6.07, 6.45) is -12.5. The number of hydrogen-bond donors (Lipinski definition) is 0. The molecule has 0 aromatic carbocycles. The first kappa shape index (κ1) is 16.4. The molecule has 6 bridgehead atoms. The van der Waals surface area contributed by atoms with Crippen LogP contribution in [0.15, 0.2) is 0 Å². The molecule has 0 N–H and O–H groups in total. The van der Waals surface area contributed by atoms with Crippen molar-refractivity contribution in [3.8, 4) is 0 Å². The summed E-state index contributed by atoms with van der Waals surface area (Å²) in [7, 11) is 0. The minimum atomic E-state index is -2.17. The Morgan fingerprint density at radius 3 is 1.07 bits per heavy atom. The summed E-state index contributed by atoms with van der Waals surface area (Å²) in [5.41, 5.74) is 0. The average molecular weight is 394 g/mol. The first-order valence-corrected chi connectivity index (χ1v) is 6.88. The van der Waals surface area contributed by atoms with Gasteiger partial charge in [-0.3, -0.25) is 0 Å². The van der Waals surface area contributed by atoms with Crippen LogP contribution < -0.4 is 0 Å². The molecule has 5 rings (SSSR count). The Morgan fingerprint density at radius 1 is 0.481 bits per heavy atom. The van der Waals surface area contributed by atoms with E-state index >= 15 is 0 Å². The maximum Gasteiger partial charge on any atom is 0.273 e. The van der Waals surface area contributed by atoms with Crippen LogP contribution in [0.4, 0.5) is 0 Å². The highest BCUT2D eigenvalue weighted by atomic mass is 16.8. The Morgan fingerprint density at radius 2 is 0.741 bits per heavy atom. The zero-order chi connectivity index (χ0) is 19.9. The molecule has 0 aromatic heterocycles. The van der Waals surface area contributed by atoms with Gasteiger partial charge in [0, 0.05) is 0 Å². The van der Waals surface area contributed by atoms with E-state index in [1.54, 1.807) is 0 Å². The molecular weight excluding hydrogens is 388 g/mol. The largest absolute Gasteiger partial charge is 0.315 e. The summed E-state index contributed by atoms with van der Waals surface area (Å²) in [6.45, 7) is 0. The normalized spacial score (nSPS) is 35.6. The van der Waals surface area contributed by atoms with Gasteiger partial charge in [-0.05, 0) is 0 Å². The van der Waals surface area contributed by atoms with E-state index in [1.165, 1.54) is 0 Å².